The van der Waals surface area contributed by atoms with E-state index >= 15 is 0 Å². The van der Waals surface area contributed by atoms with Crippen LogP contribution in [0, 0.1) is 11.8 Å². The molecule has 4 nitrogen and oxygen atoms in total. The number of hydrogen-bond acceptors (Lipinski definition) is 4. The third-order valence-electron chi connectivity index (χ3n) is 4.25. The van der Waals surface area contributed by atoms with Crippen molar-refractivity contribution in [1.82, 2.24) is 0 Å². The second kappa shape index (κ2) is 9.40. The normalized spacial score (nSPS) is 16.0. The van der Waals surface area contributed by atoms with Gasteiger partial charge >= 0.3 is 19.1 Å². The van der Waals surface area contributed by atoms with E-state index in [1.165, 1.54) is 6.92 Å². The van der Waals surface area contributed by atoms with Crippen LogP contribution in [0.1, 0.15) is 38.7 Å². The second-order valence-corrected chi connectivity index (χ2v) is 6.83. The number of hydrogen-bond donors (Lipinski definition) is 1. The summed E-state index contributed by atoms with van der Waals surface area (Å²) in [5, 5.41) is 0. The lowest BCUT2D eigenvalue weighted by molar-refractivity contribution is -0.288. The van der Waals surface area contributed by atoms with E-state index in [4.69, 9.17) is 5.73 Å². The Labute approximate surface area is 166 Å². The van der Waals surface area contributed by atoms with Crippen LogP contribution in [0.4, 0.5) is 39.5 Å². The molecule has 0 saturated carbocycles. The molecule has 0 saturated heterocycles. The van der Waals surface area contributed by atoms with Gasteiger partial charge in [-0.05, 0) is 36.8 Å². The highest BCUT2D eigenvalue weighted by Gasteiger charge is 2.40. The lowest BCUT2D eigenvalue weighted by Crippen LogP contribution is -2.24. The molecule has 0 aromatic heterocycles. The van der Waals surface area contributed by atoms with Gasteiger partial charge in [0.25, 0.3) is 0 Å². The molecule has 1 aromatic rings. The molecule has 0 bridgehead atoms. The Morgan fingerprint density at radius 3 is 1.73 bits per heavy atom. The highest BCUT2D eigenvalue weighted by molar-refractivity contribution is 5.53. The van der Waals surface area contributed by atoms with Crippen molar-refractivity contribution >= 4 is 0 Å². The number of ether oxygens (including phenoxy) is 3. The summed E-state index contributed by atoms with van der Waals surface area (Å²) >= 11 is 0. The smallest absolute Gasteiger partial charge is 0.406 e. The zero-order chi connectivity index (χ0) is 23.5. The minimum absolute atomic E-state index is 0.0332. The first-order valence-corrected chi connectivity index (χ1v) is 8.57. The van der Waals surface area contributed by atoms with Crippen molar-refractivity contribution in [3.05, 3.63) is 17.7 Å². The van der Waals surface area contributed by atoms with Crippen molar-refractivity contribution in [2.45, 2.75) is 52.2 Å². The Hall–Kier alpha value is -2.05. The van der Waals surface area contributed by atoms with E-state index in [9.17, 15) is 39.5 Å². The summed E-state index contributed by atoms with van der Waals surface area (Å²) in [5.74, 6) is -5.74. The van der Waals surface area contributed by atoms with Crippen LogP contribution >= 0.6 is 0 Å². The summed E-state index contributed by atoms with van der Waals surface area (Å²) in [5.41, 5.74) is 4.90. The molecule has 1 aromatic carbocycles. The number of halogens is 9. The molecule has 13 heteroatoms. The minimum atomic E-state index is -5.50. The maximum absolute atomic E-state index is 12.8. The van der Waals surface area contributed by atoms with Gasteiger partial charge in [-0.3, -0.25) is 0 Å². The molecule has 174 valence electrons. The highest BCUT2D eigenvalue weighted by atomic mass is 19.4. The van der Waals surface area contributed by atoms with Crippen LogP contribution in [0.15, 0.2) is 12.1 Å². The van der Waals surface area contributed by atoms with Crippen molar-refractivity contribution in [2.24, 2.45) is 17.6 Å². The maximum Gasteiger partial charge on any atom is 0.573 e. The third kappa shape index (κ3) is 8.76. The zero-order valence-corrected chi connectivity index (χ0v) is 16.0. The fraction of sp³-hybridized carbons (Fsp3) is 0.647. The summed E-state index contributed by atoms with van der Waals surface area (Å²) in [7, 11) is 0. The van der Waals surface area contributed by atoms with Crippen LogP contribution in [0.5, 0.6) is 17.2 Å². The molecule has 0 fully saturated rings. The van der Waals surface area contributed by atoms with Crippen LogP contribution < -0.4 is 19.9 Å². The predicted molar refractivity (Wildman–Crippen MR) is 86.9 cm³/mol. The van der Waals surface area contributed by atoms with Gasteiger partial charge in [0.1, 0.15) is 5.75 Å². The summed E-state index contributed by atoms with van der Waals surface area (Å²) in [6.07, 6.45) is -15.9. The first-order chi connectivity index (χ1) is 13.4. The summed E-state index contributed by atoms with van der Waals surface area (Å²) in [6, 6.07) is 0.581. The van der Waals surface area contributed by atoms with Gasteiger partial charge in [-0.15, -0.1) is 39.5 Å². The van der Waals surface area contributed by atoms with Gasteiger partial charge in [-0.2, -0.15) is 0 Å². The Morgan fingerprint density at radius 1 is 0.800 bits per heavy atom. The van der Waals surface area contributed by atoms with Crippen molar-refractivity contribution in [2.75, 3.05) is 6.54 Å². The third-order valence-corrected chi connectivity index (χ3v) is 4.25. The fourth-order valence-electron chi connectivity index (χ4n) is 2.80. The van der Waals surface area contributed by atoms with Crippen LogP contribution in [0.3, 0.4) is 0 Å². The van der Waals surface area contributed by atoms with E-state index in [1.807, 2.05) is 0 Å². The van der Waals surface area contributed by atoms with E-state index in [0.717, 1.165) is 0 Å². The average Bonchev–Trinajstić information content (AvgIpc) is 2.52. The van der Waals surface area contributed by atoms with Crippen molar-refractivity contribution in [1.29, 1.82) is 0 Å². The summed E-state index contributed by atoms with van der Waals surface area (Å²) < 4.78 is 125. The van der Waals surface area contributed by atoms with E-state index < -0.39 is 53.7 Å². The van der Waals surface area contributed by atoms with E-state index in [2.05, 4.69) is 14.2 Å². The number of benzene rings is 1. The molecular weight excluding hydrogens is 437 g/mol. The molecule has 0 aliphatic heterocycles. The number of nitrogens with two attached hydrogens (primary N) is 1. The maximum atomic E-state index is 12.8. The zero-order valence-electron chi connectivity index (χ0n) is 16.0. The topological polar surface area (TPSA) is 53.7 Å². The van der Waals surface area contributed by atoms with Crippen molar-refractivity contribution < 1.29 is 53.7 Å². The molecule has 3 atom stereocenters. The molecule has 2 N–H and O–H groups in total. The minimum Gasteiger partial charge on any atom is -0.406 e. The quantitative estimate of drug-likeness (QED) is 0.479. The van der Waals surface area contributed by atoms with E-state index in [-0.39, 0.29) is 18.5 Å². The summed E-state index contributed by atoms with van der Waals surface area (Å²) in [4.78, 5) is 0. The number of alkyl halides is 9. The molecule has 0 amide bonds. The Morgan fingerprint density at radius 2 is 1.30 bits per heavy atom. The SMILES string of the molecule is CC(CN)CC(C)C(C)c1cc(OC(F)(F)F)cc(OC(F)(F)F)c1OC(F)(F)F. The number of rotatable bonds is 8. The standard InChI is InChI=1S/C17H20F9NO3/c1-8(7-27)4-9(2)10(3)12-5-11(28-15(18,19)20)6-13(29-16(21,22)23)14(12)30-17(24,25)26/h5-6,8-10H,4,7,27H2,1-3H3. The Bertz CT molecular complexity index is 701. The first-order valence-electron chi connectivity index (χ1n) is 8.57. The monoisotopic (exact) mass is 457 g/mol. The molecule has 30 heavy (non-hydrogen) atoms. The molecule has 0 heterocycles. The Kier molecular flexibility index (Phi) is 8.14. The van der Waals surface area contributed by atoms with Gasteiger partial charge in [-0.1, -0.05) is 20.8 Å². The van der Waals surface area contributed by atoms with Crippen molar-refractivity contribution in [3.8, 4) is 17.2 Å². The van der Waals surface area contributed by atoms with Crippen LogP contribution in [0.2, 0.25) is 0 Å². The van der Waals surface area contributed by atoms with E-state index in [1.54, 1.807) is 13.8 Å². The second-order valence-electron chi connectivity index (χ2n) is 6.83. The van der Waals surface area contributed by atoms with Crippen LogP contribution in [-0.2, 0) is 0 Å². The largest absolute Gasteiger partial charge is 0.573 e. The van der Waals surface area contributed by atoms with Gasteiger partial charge in [-0.25, -0.2) is 0 Å². The molecule has 0 spiro atoms. The molecule has 1 rings (SSSR count). The van der Waals surface area contributed by atoms with Crippen LogP contribution in [-0.4, -0.2) is 25.6 Å². The molecule has 3 unspecified atom stereocenters. The van der Waals surface area contributed by atoms with Gasteiger partial charge in [0.2, 0.25) is 0 Å². The average molecular weight is 457 g/mol. The molecule has 0 aliphatic carbocycles. The lowest BCUT2D eigenvalue weighted by atomic mass is 9.82. The molecular formula is C17H20F9NO3. The van der Waals surface area contributed by atoms with Gasteiger partial charge in [0.05, 0.1) is 0 Å². The van der Waals surface area contributed by atoms with Gasteiger partial charge in [0.15, 0.2) is 11.5 Å². The van der Waals surface area contributed by atoms with Crippen LogP contribution in [0.25, 0.3) is 0 Å². The predicted octanol–water partition coefficient (Wildman–Crippen LogP) is 6.11. The molecule has 0 aliphatic rings. The fourth-order valence-corrected chi connectivity index (χ4v) is 2.80. The molecule has 0 radical (unpaired) electrons. The first kappa shape index (κ1) is 26.0. The van der Waals surface area contributed by atoms with E-state index in [0.29, 0.717) is 12.5 Å². The highest BCUT2D eigenvalue weighted by Crippen LogP contribution is 2.47. The Balaban J connectivity index is 3.61. The van der Waals surface area contributed by atoms with Gasteiger partial charge < -0.3 is 19.9 Å². The van der Waals surface area contributed by atoms with Gasteiger partial charge in [0, 0.05) is 11.6 Å². The van der Waals surface area contributed by atoms with Crippen molar-refractivity contribution in [3.63, 3.8) is 0 Å². The lowest BCUT2D eigenvalue weighted by Gasteiger charge is -2.27. The summed E-state index contributed by atoms with van der Waals surface area (Å²) in [6.45, 7) is 4.86.